The molecule has 1 N–H and O–H groups in total. The van der Waals surface area contributed by atoms with Crippen molar-refractivity contribution in [3.63, 3.8) is 0 Å². The van der Waals surface area contributed by atoms with Crippen LogP contribution in [0.15, 0.2) is 42.5 Å². The standard InChI is InChI=1S/C17H12F5NO/c18-11-5-6-14(19)15(7-11)23-16(24)13-8-12(13)9-1-3-10(4-2-9)17(20,21)22/h1-7,12-13H,8H2,(H,23,24). The molecule has 2 nitrogen and oxygen atoms in total. The highest BCUT2D eigenvalue weighted by atomic mass is 19.4. The lowest BCUT2D eigenvalue weighted by Gasteiger charge is -2.08. The maximum absolute atomic E-state index is 13.5. The van der Waals surface area contributed by atoms with E-state index in [1.165, 1.54) is 12.1 Å². The first-order valence-corrected chi connectivity index (χ1v) is 7.19. The van der Waals surface area contributed by atoms with E-state index in [9.17, 15) is 26.7 Å². The van der Waals surface area contributed by atoms with Gasteiger partial charge in [-0.2, -0.15) is 13.2 Å². The summed E-state index contributed by atoms with van der Waals surface area (Å²) < 4.78 is 64.2. The fraction of sp³-hybridized carbons (Fsp3) is 0.235. The Morgan fingerprint density at radius 2 is 1.71 bits per heavy atom. The summed E-state index contributed by atoms with van der Waals surface area (Å²) in [4.78, 5) is 12.1. The molecule has 0 spiro atoms. The minimum absolute atomic E-state index is 0.219. The Labute approximate surface area is 134 Å². The second kappa shape index (κ2) is 5.89. The highest BCUT2D eigenvalue weighted by Gasteiger charge is 2.44. The Balaban J connectivity index is 1.66. The Hall–Kier alpha value is -2.44. The van der Waals surface area contributed by atoms with Crippen molar-refractivity contribution in [3.8, 4) is 0 Å². The number of amides is 1. The zero-order valence-corrected chi connectivity index (χ0v) is 12.2. The van der Waals surface area contributed by atoms with E-state index in [-0.39, 0.29) is 11.6 Å². The van der Waals surface area contributed by atoms with Gasteiger partial charge in [0, 0.05) is 12.0 Å². The average Bonchev–Trinajstić information content (AvgIpc) is 3.31. The molecule has 2 atom stereocenters. The number of nitrogens with one attached hydrogen (secondary N) is 1. The lowest BCUT2D eigenvalue weighted by Crippen LogP contribution is -2.15. The number of benzene rings is 2. The van der Waals surface area contributed by atoms with Gasteiger partial charge >= 0.3 is 6.18 Å². The smallest absolute Gasteiger partial charge is 0.323 e. The molecule has 1 fully saturated rings. The van der Waals surface area contributed by atoms with Gasteiger partial charge in [0.1, 0.15) is 11.6 Å². The molecular formula is C17H12F5NO. The SMILES string of the molecule is O=C(Nc1cc(F)ccc1F)C1CC1c1ccc(C(F)(F)F)cc1. The zero-order valence-electron chi connectivity index (χ0n) is 12.2. The van der Waals surface area contributed by atoms with E-state index in [1.807, 2.05) is 0 Å². The molecule has 0 heterocycles. The van der Waals surface area contributed by atoms with E-state index in [0.29, 0.717) is 12.0 Å². The fourth-order valence-electron chi connectivity index (χ4n) is 2.59. The van der Waals surface area contributed by atoms with Gasteiger partial charge in [-0.25, -0.2) is 8.78 Å². The third-order valence-electron chi connectivity index (χ3n) is 3.98. The van der Waals surface area contributed by atoms with Gasteiger partial charge in [0.15, 0.2) is 0 Å². The summed E-state index contributed by atoms with van der Waals surface area (Å²) in [5.74, 6) is -2.60. The first-order chi connectivity index (χ1) is 11.3. The summed E-state index contributed by atoms with van der Waals surface area (Å²) in [5, 5.41) is 2.31. The zero-order chi connectivity index (χ0) is 17.5. The second-order valence-corrected chi connectivity index (χ2v) is 5.68. The number of hydrogen-bond acceptors (Lipinski definition) is 1. The average molecular weight is 341 g/mol. The van der Waals surface area contributed by atoms with Crippen LogP contribution in [0.2, 0.25) is 0 Å². The highest BCUT2D eigenvalue weighted by molar-refractivity contribution is 5.95. The first kappa shape index (κ1) is 16.4. The Bertz CT molecular complexity index is 770. The Morgan fingerprint density at radius 3 is 2.33 bits per heavy atom. The molecule has 2 aromatic rings. The molecule has 126 valence electrons. The number of halogens is 5. The first-order valence-electron chi connectivity index (χ1n) is 7.19. The lowest BCUT2D eigenvalue weighted by atomic mass is 10.1. The van der Waals surface area contributed by atoms with Crippen molar-refractivity contribution in [2.45, 2.75) is 18.5 Å². The number of anilines is 1. The summed E-state index contributed by atoms with van der Waals surface area (Å²) in [6.45, 7) is 0. The van der Waals surface area contributed by atoms with Gasteiger partial charge in [0.05, 0.1) is 11.3 Å². The summed E-state index contributed by atoms with van der Waals surface area (Å²) in [7, 11) is 0. The molecule has 7 heteroatoms. The Kier molecular flexibility index (Phi) is 4.03. The van der Waals surface area contributed by atoms with Crippen molar-refractivity contribution in [3.05, 3.63) is 65.2 Å². The van der Waals surface area contributed by atoms with Crippen LogP contribution in [0.3, 0.4) is 0 Å². The largest absolute Gasteiger partial charge is 0.416 e. The van der Waals surface area contributed by atoms with Gasteiger partial charge < -0.3 is 5.32 Å². The van der Waals surface area contributed by atoms with Gasteiger partial charge in [-0.1, -0.05) is 12.1 Å². The Morgan fingerprint density at radius 1 is 1.04 bits per heavy atom. The van der Waals surface area contributed by atoms with Crippen LogP contribution in [0.4, 0.5) is 27.6 Å². The monoisotopic (exact) mass is 341 g/mol. The summed E-state index contributed by atoms with van der Waals surface area (Å²) in [6.07, 6.45) is -3.96. The molecule has 1 aliphatic rings. The topological polar surface area (TPSA) is 29.1 Å². The van der Waals surface area contributed by atoms with Crippen LogP contribution in [0.25, 0.3) is 0 Å². The number of alkyl halides is 3. The number of carbonyl (C=O) groups is 1. The van der Waals surface area contributed by atoms with Crippen LogP contribution in [-0.4, -0.2) is 5.91 Å². The minimum atomic E-state index is -4.41. The van der Waals surface area contributed by atoms with Crippen molar-refractivity contribution < 1.29 is 26.7 Å². The maximum atomic E-state index is 13.5. The van der Waals surface area contributed by atoms with Crippen LogP contribution in [0, 0.1) is 17.6 Å². The fourth-order valence-corrected chi connectivity index (χ4v) is 2.59. The van der Waals surface area contributed by atoms with Crippen LogP contribution >= 0.6 is 0 Å². The van der Waals surface area contributed by atoms with Gasteiger partial charge in [0.25, 0.3) is 0 Å². The summed E-state index contributed by atoms with van der Waals surface area (Å²) in [5.41, 5.74) is -0.393. The van der Waals surface area contributed by atoms with E-state index >= 15 is 0 Å². The summed E-state index contributed by atoms with van der Waals surface area (Å²) in [6, 6.07) is 7.33. The molecule has 24 heavy (non-hydrogen) atoms. The van der Waals surface area contributed by atoms with E-state index in [0.717, 1.165) is 30.3 Å². The molecule has 0 aliphatic heterocycles. The van der Waals surface area contributed by atoms with Gasteiger partial charge in [-0.3, -0.25) is 4.79 Å². The van der Waals surface area contributed by atoms with Crippen molar-refractivity contribution >= 4 is 11.6 Å². The normalized spacial score (nSPS) is 19.9. The quantitative estimate of drug-likeness (QED) is 0.804. The molecule has 0 aromatic heterocycles. The number of carbonyl (C=O) groups excluding carboxylic acids is 1. The molecule has 3 rings (SSSR count). The van der Waals surface area contributed by atoms with Crippen LogP contribution in [0.5, 0.6) is 0 Å². The molecule has 1 saturated carbocycles. The van der Waals surface area contributed by atoms with Crippen molar-refractivity contribution in [2.75, 3.05) is 5.32 Å². The predicted octanol–water partition coefficient (Wildman–Crippen LogP) is 4.73. The predicted molar refractivity (Wildman–Crippen MR) is 77.3 cm³/mol. The molecule has 0 radical (unpaired) electrons. The highest BCUT2D eigenvalue weighted by Crippen LogP contribution is 2.48. The van der Waals surface area contributed by atoms with Crippen molar-refractivity contribution in [2.24, 2.45) is 5.92 Å². The summed E-state index contributed by atoms with van der Waals surface area (Å²) >= 11 is 0. The van der Waals surface area contributed by atoms with Crippen LogP contribution < -0.4 is 5.32 Å². The van der Waals surface area contributed by atoms with Crippen molar-refractivity contribution in [1.29, 1.82) is 0 Å². The minimum Gasteiger partial charge on any atom is -0.323 e. The molecule has 1 aliphatic carbocycles. The maximum Gasteiger partial charge on any atom is 0.416 e. The molecule has 0 saturated heterocycles. The van der Waals surface area contributed by atoms with Gasteiger partial charge in [0.2, 0.25) is 5.91 Å². The lowest BCUT2D eigenvalue weighted by molar-refractivity contribution is -0.137. The van der Waals surface area contributed by atoms with E-state index in [1.54, 1.807) is 0 Å². The van der Waals surface area contributed by atoms with Gasteiger partial charge in [-0.05, 0) is 42.2 Å². The number of rotatable bonds is 3. The van der Waals surface area contributed by atoms with E-state index in [4.69, 9.17) is 0 Å². The third-order valence-corrected chi connectivity index (χ3v) is 3.98. The van der Waals surface area contributed by atoms with E-state index < -0.39 is 35.2 Å². The second-order valence-electron chi connectivity index (χ2n) is 5.68. The third kappa shape index (κ3) is 3.39. The van der Waals surface area contributed by atoms with E-state index in [2.05, 4.69) is 5.32 Å². The molecule has 2 unspecified atom stereocenters. The molecule has 1 amide bonds. The molecule has 2 aromatic carbocycles. The number of hydrogen-bond donors (Lipinski definition) is 1. The van der Waals surface area contributed by atoms with Crippen LogP contribution in [-0.2, 0) is 11.0 Å². The van der Waals surface area contributed by atoms with Gasteiger partial charge in [-0.15, -0.1) is 0 Å². The molecular weight excluding hydrogens is 329 g/mol. The van der Waals surface area contributed by atoms with Crippen LogP contribution in [0.1, 0.15) is 23.5 Å². The van der Waals surface area contributed by atoms with Crippen molar-refractivity contribution in [1.82, 2.24) is 0 Å². The molecule has 0 bridgehead atoms.